The zero-order valence-electron chi connectivity index (χ0n) is 11.9. The number of benzene rings is 1. The molecule has 1 aliphatic heterocycles. The molecule has 3 rings (SSSR count). The van der Waals surface area contributed by atoms with Gasteiger partial charge in [0.15, 0.2) is 0 Å². The Morgan fingerprint density at radius 2 is 2.00 bits per heavy atom. The van der Waals surface area contributed by atoms with Crippen LogP contribution in [0.15, 0.2) is 30.3 Å². The van der Waals surface area contributed by atoms with Crippen LogP contribution < -0.4 is 4.90 Å². The van der Waals surface area contributed by atoms with Gasteiger partial charge in [-0.15, -0.1) is 0 Å². The quantitative estimate of drug-likeness (QED) is 0.798. The minimum Gasteiger partial charge on any atom is -0.304 e. The summed E-state index contributed by atoms with van der Waals surface area (Å²) in [5, 5.41) is 0. The van der Waals surface area contributed by atoms with Crippen molar-refractivity contribution in [1.29, 1.82) is 0 Å². The largest absolute Gasteiger partial charge is 0.304 e. The molecule has 4 heteroatoms. The Balaban J connectivity index is 2.02. The Kier molecular flexibility index (Phi) is 3.01. The fraction of sp³-hybridized carbons (Fsp3) is 0.312. The van der Waals surface area contributed by atoms with Gasteiger partial charge in [-0.2, -0.15) is 0 Å². The number of fused-ring (bicyclic) bond motifs is 1. The zero-order chi connectivity index (χ0) is 14.3. The van der Waals surface area contributed by atoms with Crippen molar-refractivity contribution in [2.24, 2.45) is 0 Å². The number of amides is 1. The van der Waals surface area contributed by atoms with Crippen LogP contribution in [0.1, 0.15) is 34.5 Å². The molecule has 1 aromatic carbocycles. The molecule has 2 aromatic rings. The third-order valence-corrected chi connectivity index (χ3v) is 3.61. The topological polar surface area (TPSA) is 46.1 Å². The summed E-state index contributed by atoms with van der Waals surface area (Å²) in [7, 11) is 0. The molecular formula is C16H17N3O. The van der Waals surface area contributed by atoms with Gasteiger partial charge in [-0.1, -0.05) is 18.2 Å². The molecule has 20 heavy (non-hydrogen) atoms. The molecule has 0 radical (unpaired) electrons. The van der Waals surface area contributed by atoms with E-state index in [4.69, 9.17) is 0 Å². The Labute approximate surface area is 118 Å². The van der Waals surface area contributed by atoms with Gasteiger partial charge in [0.1, 0.15) is 11.5 Å². The molecule has 0 spiro atoms. The number of para-hydroxylation sites is 1. The average Bonchev–Trinajstić information content (AvgIpc) is 2.72. The van der Waals surface area contributed by atoms with Gasteiger partial charge in [0.25, 0.3) is 5.91 Å². The van der Waals surface area contributed by atoms with Crippen LogP contribution in [-0.2, 0) is 6.42 Å². The molecule has 1 unspecified atom stereocenters. The van der Waals surface area contributed by atoms with Crippen LogP contribution in [0.4, 0.5) is 5.69 Å². The van der Waals surface area contributed by atoms with Crippen LogP contribution in [0.5, 0.6) is 0 Å². The smallest absolute Gasteiger partial charge is 0.277 e. The number of carbonyl (C=O) groups is 1. The zero-order valence-corrected chi connectivity index (χ0v) is 11.9. The van der Waals surface area contributed by atoms with Gasteiger partial charge in [-0.3, -0.25) is 4.79 Å². The SMILES string of the molecule is Cc1cc(C(=O)N2c3ccccc3CC2C)nc(C)n1. The molecule has 2 heterocycles. The molecule has 1 aromatic heterocycles. The first-order valence-corrected chi connectivity index (χ1v) is 6.80. The van der Waals surface area contributed by atoms with E-state index in [9.17, 15) is 4.79 Å². The predicted octanol–water partition coefficient (Wildman–Crippen LogP) is 2.68. The highest BCUT2D eigenvalue weighted by molar-refractivity contribution is 6.06. The van der Waals surface area contributed by atoms with Gasteiger partial charge in [0.2, 0.25) is 0 Å². The number of carbonyl (C=O) groups excluding carboxylic acids is 1. The molecule has 1 atom stereocenters. The minimum absolute atomic E-state index is 0.0453. The summed E-state index contributed by atoms with van der Waals surface area (Å²) in [4.78, 5) is 23.1. The summed E-state index contributed by atoms with van der Waals surface area (Å²) < 4.78 is 0. The third-order valence-electron chi connectivity index (χ3n) is 3.61. The number of aromatic nitrogens is 2. The monoisotopic (exact) mass is 267 g/mol. The standard InChI is InChI=1S/C16H17N3O/c1-10-8-14(18-12(3)17-10)16(20)19-11(2)9-13-6-4-5-7-15(13)19/h4-8,11H,9H2,1-3H3. The van der Waals surface area contributed by atoms with Crippen molar-refractivity contribution in [2.45, 2.75) is 33.2 Å². The van der Waals surface area contributed by atoms with E-state index < -0.39 is 0 Å². The number of rotatable bonds is 1. The van der Waals surface area contributed by atoms with Gasteiger partial charge >= 0.3 is 0 Å². The summed E-state index contributed by atoms with van der Waals surface area (Å²) in [5.74, 6) is 0.588. The molecule has 1 aliphatic rings. The molecule has 0 fully saturated rings. The lowest BCUT2D eigenvalue weighted by Gasteiger charge is -2.22. The van der Waals surface area contributed by atoms with E-state index in [0.717, 1.165) is 17.8 Å². The maximum Gasteiger partial charge on any atom is 0.277 e. The summed E-state index contributed by atoms with van der Waals surface area (Å²) >= 11 is 0. The van der Waals surface area contributed by atoms with E-state index in [1.54, 1.807) is 6.07 Å². The Bertz CT molecular complexity index is 661. The van der Waals surface area contributed by atoms with Crippen LogP contribution in [-0.4, -0.2) is 21.9 Å². The molecule has 1 amide bonds. The number of nitrogens with zero attached hydrogens (tertiary/aromatic N) is 3. The minimum atomic E-state index is -0.0453. The highest BCUT2D eigenvalue weighted by atomic mass is 16.2. The second-order valence-electron chi connectivity index (χ2n) is 5.30. The second kappa shape index (κ2) is 4.71. The number of aryl methyl sites for hydroxylation is 2. The van der Waals surface area contributed by atoms with E-state index in [1.165, 1.54) is 5.56 Å². The fourth-order valence-corrected chi connectivity index (χ4v) is 2.82. The maximum absolute atomic E-state index is 12.8. The lowest BCUT2D eigenvalue weighted by Crippen LogP contribution is -2.36. The normalized spacial score (nSPS) is 17.1. The van der Waals surface area contributed by atoms with Crippen molar-refractivity contribution in [3.05, 3.63) is 53.1 Å². The molecule has 102 valence electrons. The Morgan fingerprint density at radius 3 is 2.75 bits per heavy atom. The highest BCUT2D eigenvalue weighted by Crippen LogP contribution is 2.32. The summed E-state index contributed by atoms with van der Waals surface area (Å²) in [6.45, 7) is 5.76. The molecule has 0 aliphatic carbocycles. The van der Waals surface area contributed by atoms with Crippen LogP contribution in [0, 0.1) is 13.8 Å². The maximum atomic E-state index is 12.8. The molecular weight excluding hydrogens is 250 g/mol. The van der Waals surface area contributed by atoms with Crippen LogP contribution >= 0.6 is 0 Å². The van der Waals surface area contributed by atoms with E-state index in [1.807, 2.05) is 36.9 Å². The van der Waals surface area contributed by atoms with Crippen molar-refractivity contribution >= 4 is 11.6 Å². The Morgan fingerprint density at radius 1 is 1.25 bits per heavy atom. The van der Waals surface area contributed by atoms with Gasteiger partial charge in [0, 0.05) is 17.4 Å². The molecule has 0 bridgehead atoms. The van der Waals surface area contributed by atoms with Crippen molar-refractivity contribution in [3.63, 3.8) is 0 Å². The lowest BCUT2D eigenvalue weighted by atomic mass is 10.1. The highest BCUT2D eigenvalue weighted by Gasteiger charge is 2.31. The van der Waals surface area contributed by atoms with Crippen LogP contribution in [0.25, 0.3) is 0 Å². The van der Waals surface area contributed by atoms with Crippen molar-refractivity contribution in [2.75, 3.05) is 4.90 Å². The van der Waals surface area contributed by atoms with Gasteiger partial charge in [-0.25, -0.2) is 9.97 Å². The van der Waals surface area contributed by atoms with Gasteiger partial charge < -0.3 is 4.90 Å². The summed E-state index contributed by atoms with van der Waals surface area (Å²) in [6, 6.07) is 9.97. The van der Waals surface area contributed by atoms with Crippen molar-refractivity contribution in [3.8, 4) is 0 Å². The average molecular weight is 267 g/mol. The van der Waals surface area contributed by atoms with E-state index >= 15 is 0 Å². The number of hydrogen-bond acceptors (Lipinski definition) is 3. The molecule has 0 N–H and O–H groups in total. The summed E-state index contributed by atoms with van der Waals surface area (Å²) in [5.41, 5.74) is 3.51. The van der Waals surface area contributed by atoms with Gasteiger partial charge in [-0.05, 0) is 44.9 Å². The predicted molar refractivity (Wildman–Crippen MR) is 77.9 cm³/mol. The number of hydrogen-bond donors (Lipinski definition) is 0. The van der Waals surface area contributed by atoms with E-state index in [0.29, 0.717) is 11.5 Å². The first kappa shape index (κ1) is 12.8. The summed E-state index contributed by atoms with van der Waals surface area (Å²) in [6.07, 6.45) is 0.894. The second-order valence-corrected chi connectivity index (χ2v) is 5.30. The fourth-order valence-electron chi connectivity index (χ4n) is 2.82. The van der Waals surface area contributed by atoms with E-state index in [2.05, 4.69) is 23.0 Å². The van der Waals surface area contributed by atoms with Crippen LogP contribution in [0.2, 0.25) is 0 Å². The molecule has 0 saturated carbocycles. The molecule has 0 saturated heterocycles. The molecule has 4 nitrogen and oxygen atoms in total. The lowest BCUT2D eigenvalue weighted by molar-refractivity contribution is 0.0976. The van der Waals surface area contributed by atoms with Gasteiger partial charge in [0.05, 0.1) is 0 Å². The Hall–Kier alpha value is -2.23. The van der Waals surface area contributed by atoms with E-state index in [-0.39, 0.29) is 11.9 Å². The first-order chi connectivity index (χ1) is 9.56. The number of anilines is 1. The van der Waals surface area contributed by atoms with Crippen molar-refractivity contribution in [1.82, 2.24) is 9.97 Å². The van der Waals surface area contributed by atoms with Crippen LogP contribution in [0.3, 0.4) is 0 Å². The first-order valence-electron chi connectivity index (χ1n) is 6.80. The van der Waals surface area contributed by atoms with Crippen molar-refractivity contribution < 1.29 is 4.79 Å². The third kappa shape index (κ3) is 2.07.